The monoisotopic (exact) mass is 279 g/mol. The average Bonchev–Trinajstić information content (AvgIpc) is 2.47. The van der Waals surface area contributed by atoms with E-state index >= 15 is 0 Å². The molecule has 0 N–H and O–H groups in total. The zero-order chi connectivity index (χ0) is 14.7. The summed E-state index contributed by atoms with van der Waals surface area (Å²) in [5, 5.41) is 0. The number of hydrogen-bond donors (Lipinski definition) is 0. The number of rotatable bonds is 5. The fourth-order valence-corrected chi connectivity index (χ4v) is 3.97. The van der Waals surface area contributed by atoms with Crippen LogP contribution >= 0.6 is 0 Å². The van der Waals surface area contributed by atoms with Crippen molar-refractivity contribution in [3.05, 3.63) is 66.0 Å². The molecule has 1 aromatic carbocycles. The maximum atomic E-state index is 4.72. The first-order chi connectivity index (χ1) is 10.2. The molecule has 1 unspecified atom stereocenters. The molecule has 0 amide bonds. The van der Waals surface area contributed by atoms with Crippen LogP contribution in [-0.2, 0) is 11.8 Å². The normalized spacial score (nSPS) is 18.2. The standard InChI is InChI=1S/C20H25N/c1-16(2)18(15-17-9-4-3-5-10-17)20(12-8-13-20)19-11-6-7-14-21-19/h3-7,9-11,14,16,18H,8,12-13,15H2,1-2H3. The molecular formula is C20H25N. The predicted molar refractivity (Wildman–Crippen MR) is 88.2 cm³/mol. The Labute approximate surface area is 128 Å². The van der Waals surface area contributed by atoms with Crippen molar-refractivity contribution in [2.24, 2.45) is 11.8 Å². The summed E-state index contributed by atoms with van der Waals surface area (Å²) in [6, 6.07) is 17.3. The van der Waals surface area contributed by atoms with Crippen molar-refractivity contribution < 1.29 is 0 Å². The Morgan fingerprint density at radius 1 is 1.00 bits per heavy atom. The summed E-state index contributed by atoms with van der Waals surface area (Å²) in [5.74, 6) is 1.34. The van der Waals surface area contributed by atoms with Gasteiger partial charge in [0.15, 0.2) is 0 Å². The second kappa shape index (κ2) is 6.01. The topological polar surface area (TPSA) is 12.9 Å². The summed E-state index contributed by atoms with van der Waals surface area (Å²) in [6.07, 6.45) is 7.04. The van der Waals surface area contributed by atoms with E-state index in [-0.39, 0.29) is 0 Å². The van der Waals surface area contributed by atoms with E-state index in [0.29, 0.717) is 17.3 Å². The lowest BCUT2D eigenvalue weighted by Gasteiger charge is -2.49. The second-order valence-electron chi connectivity index (χ2n) is 6.76. The first kappa shape index (κ1) is 14.3. The molecule has 0 saturated heterocycles. The van der Waals surface area contributed by atoms with Crippen LogP contribution < -0.4 is 0 Å². The van der Waals surface area contributed by atoms with E-state index in [9.17, 15) is 0 Å². The van der Waals surface area contributed by atoms with Crippen molar-refractivity contribution in [3.8, 4) is 0 Å². The molecular weight excluding hydrogens is 254 g/mol. The molecule has 1 fully saturated rings. The Morgan fingerprint density at radius 3 is 2.24 bits per heavy atom. The van der Waals surface area contributed by atoms with E-state index in [1.807, 2.05) is 12.3 Å². The second-order valence-corrected chi connectivity index (χ2v) is 6.76. The van der Waals surface area contributed by atoms with Crippen LogP contribution in [0.2, 0.25) is 0 Å². The van der Waals surface area contributed by atoms with Gasteiger partial charge in [0.05, 0.1) is 0 Å². The molecule has 1 heterocycles. The van der Waals surface area contributed by atoms with E-state index < -0.39 is 0 Å². The van der Waals surface area contributed by atoms with E-state index in [2.05, 4.69) is 56.3 Å². The molecule has 1 nitrogen and oxygen atoms in total. The molecule has 1 atom stereocenters. The molecule has 1 aliphatic rings. The molecule has 1 heteroatoms. The summed E-state index contributed by atoms with van der Waals surface area (Å²) >= 11 is 0. The van der Waals surface area contributed by atoms with Gasteiger partial charge >= 0.3 is 0 Å². The summed E-state index contributed by atoms with van der Waals surface area (Å²) in [5.41, 5.74) is 3.06. The first-order valence-electron chi connectivity index (χ1n) is 8.18. The van der Waals surface area contributed by atoms with Crippen LogP contribution in [0.3, 0.4) is 0 Å². The zero-order valence-electron chi connectivity index (χ0n) is 13.1. The van der Waals surface area contributed by atoms with Gasteiger partial charge in [-0.05, 0) is 48.8 Å². The predicted octanol–water partition coefficient (Wildman–Crippen LogP) is 5.02. The van der Waals surface area contributed by atoms with Crippen molar-refractivity contribution in [1.82, 2.24) is 4.98 Å². The number of pyridine rings is 1. The molecule has 21 heavy (non-hydrogen) atoms. The molecule has 1 aliphatic carbocycles. The number of nitrogens with zero attached hydrogens (tertiary/aromatic N) is 1. The minimum absolute atomic E-state index is 0.297. The van der Waals surface area contributed by atoms with Gasteiger partial charge in [-0.2, -0.15) is 0 Å². The van der Waals surface area contributed by atoms with Crippen molar-refractivity contribution >= 4 is 0 Å². The lowest BCUT2D eigenvalue weighted by molar-refractivity contribution is 0.102. The van der Waals surface area contributed by atoms with Gasteiger partial charge in [0.2, 0.25) is 0 Å². The number of hydrogen-bond acceptors (Lipinski definition) is 1. The Kier molecular flexibility index (Phi) is 4.10. The molecule has 0 aliphatic heterocycles. The van der Waals surface area contributed by atoms with E-state index in [1.54, 1.807) is 0 Å². The van der Waals surface area contributed by atoms with Crippen molar-refractivity contribution in [1.29, 1.82) is 0 Å². The fraction of sp³-hybridized carbons (Fsp3) is 0.450. The zero-order valence-corrected chi connectivity index (χ0v) is 13.1. The van der Waals surface area contributed by atoms with Gasteiger partial charge in [0, 0.05) is 17.3 Å². The Hall–Kier alpha value is -1.63. The van der Waals surface area contributed by atoms with Crippen molar-refractivity contribution in [2.75, 3.05) is 0 Å². The fourth-order valence-electron chi connectivity index (χ4n) is 3.97. The minimum Gasteiger partial charge on any atom is -0.261 e. The highest BCUT2D eigenvalue weighted by Gasteiger charge is 2.47. The highest BCUT2D eigenvalue weighted by Crippen LogP contribution is 2.52. The van der Waals surface area contributed by atoms with Gasteiger partial charge in [-0.1, -0.05) is 56.7 Å². The van der Waals surface area contributed by atoms with Gasteiger partial charge in [-0.15, -0.1) is 0 Å². The minimum atomic E-state index is 0.297. The average molecular weight is 279 g/mol. The number of benzene rings is 1. The molecule has 3 rings (SSSR count). The maximum absolute atomic E-state index is 4.72. The van der Waals surface area contributed by atoms with Crippen LogP contribution in [0.25, 0.3) is 0 Å². The first-order valence-corrected chi connectivity index (χ1v) is 8.18. The molecule has 1 saturated carbocycles. The van der Waals surface area contributed by atoms with Crippen LogP contribution in [0.1, 0.15) is 44.4 Å². The third kappa shape index (κ3) is 2.74. The third-order valence-electron chi connectivity index (χ3n) is 5.23. The molecule has 1 aromatic heterocycles. The van der Waals surface area contributed by atoms with Crippen LogP contribution in [0.5, 0.6) is 0 Å². The lowest BCUT2D eigenvalue weighted by atomic mass is 9.55. The largest absolute Gasteiger partial charge is 0.261 e. The van der Waals surface area contributed by atoms with Gasteiger partial charge < -0.3 is 0 Å². The SMILES string of the molecule is CC(C)C(Cc1ccccc1)C1(c2ccccn2)CCC1. The maximum Gasteiger partial charge on any atom is 0.0468 e. The quantitative estimate of drug-likeness (QED) is 0.749. The Balaban J connectivity index is 1.92. The highest BCUT2D eigenvalue weighted by molar-refractivity contribution is 5.25. The molecule has 0 bridgehead atoms. The smallest absolute Gasteiger partial charge is 0.0468 e. The van der Waals surface area contributed by atoms with Crippen LogP contribution in [-0.4, -0.2) is 4.98 Å². The van der Waals surface area contributed by atoms with Gasteiger partial charge in [0.25, 0.3) is 0 Å². The number of aromatic nitrogens is 1. The summed E-state index contributed by atoms with van der Waals surface area (Å²) in [7, 11) is 0. The van der Waals surface area contributed by atoms with Crippen molar-refractivity contribution in [3.63, 3.8) is 0 Å². The third-order valence-corrected chi connectivity index (χ3v) is 5.23. The van der Waals surface area contributed by atoms with Crippen LogP contribution in [0.15, 0.2) is 54.7 Å². The van der Waals surface area contributed by atoms with Crippen molar-refractivity contribution in [2.45, 2.75) is 44.9 Å². The van der Waals surface area contributed by atoms with Gasteiger partial charge in [-0.3, -0.25) is 4.98 Å². The van der Waals surface area contributed by atoms with Crippen LogP contribution in [0.4, 0.5) is 0 Å². The summed E-state index contributed by atoms with van der Waals surface area (Å²) < 4.78 is 0. The lowest BCUT2D eigenvalue weighted by Crippen LogP contribution is -2.45. The molecule has 0 spiro atoms. The highest BCUT2D eigenvalue weighted by atomic mass is 14.7. The van der Waals surface area contributed by atoms with E-state index in [1.165, 1.54) is 30.5 Å². The van der Waals surface area contributed by atoms with Gasteiger partial charge in [-0.25, -0.2) is 0 Å². The summed E-state index contributed by atoms with van der Waals surface area (Å²) in [4.78, 5) is 4.72. The van der Waals surface area contributed by atoms with E-state index in [0.717, 1.165) is 6.42 Å². The van der Waals surface area contributed by atoms with Crippen LogP contribution in [0, 0.1) is 11.8 Å². The van der Waals surface area contributed by atoms with Gasteiger partial charge in [0.1, 0.15) is 0 Å². The molecule has 110 valence electrons. The molecule has 2 aromatic rings. The van der Waals surface area contributed by atoms with E-state index in [4.69, 9.17) is 4.98 Å². The Bertz CT molecular complexity index is 555. The molecule has 0 radical (unpaired) electrons. The Morgan fingerprint density at radius 2 is 1.71 bits per heavy atom. The summed E-state index contributed by atoms with van der Waals surface area (Å²) in [6.45, 7) is 4.74.